The minimum atomic E-state index is -0.426. The lowest BCUT2D eigenvalue weighted by atomic mass is 9.95. The van der Waals surface area contributed by atoms with Crippen LogP contribution in [0, 0.1) is 11.3 Å². The van der Waals surface area contributed by atoms with Gasteiger partial charge in [-0.2, -0.15) is 5.26 Å². The summed E-state index contributed by atoms with van der Waals surface area (Å²) in [4.78, 5) is 20.0. The molecule has 1 fully saturated rings. The third kappa shape index (κ3) is 5.24. The van der Waals surface area contributed by atoms with Gasteiger partial charge in [0.25, 0.3) is 0 Å². The van der Waals surface area contributed by atoms with Gasteiger partial charge in [-0.05, 0) is 49.1 Å². The van der Waals surface area contributed by atoms with Crippen molar-refractivity contribution in [3.05, 3.63) is 65.5 Å². The van der Waals surface area contributed by atoms with Crippen molar-refractivity contribution >= 4 is 16.9 Å². The number of methoxy groups -OCH3 is 1. The van der Waals surface area contributed by atoms with Gasteiger partial charge in [-0.1, -0.05) is 24.3 Å². The fraction of sp³-hybridized carbons (Fsp3) is 0.423. The Morgan fingerprint density at radius 1 is 1.30 bits per heavy atom. The largest absolute Gasteiger partial charge is 0.385 e. The van der Waals surface area contributed by atoms with Gasteiger partial charge in [-0.25, -0.2) is 4.98 Å². The number of nitriles is 1. The molecule has 33 heavy (non-hydrogen) atoms. The Hall–Kier alpha value is -3.21. The van der Waals surface area contributed by atoms with Crippen LogP contribution in [0.4, 0.5) is 0 Å². The molecule has 2 atom stereocenters. The zero-order valence-electron chi connectivity index (χ0n) is 19.1. The second-order valence-corrected chi connectivity index (χ2v) is 8.68. The van der Waals surface area contributed by atoms with Gasteiger partial charge in [-0.3, -0.25) is 4.79 Å². The van der Waals surface area contributed by atoms with E-state index >= 15 is 0 Å². The number of imidazole rings is 1. The topological polar surface area (TPSA) is 97.2 Å². The number of para-hydroxylation sites is 2. The van der Waals surface area contributed by atoms with Crippen molar-refractivity contribution in [3.8, 4) is 6.07 Å². The van der Waals surface area contributed by atoms with Gasteiger partial charge < -0.3 is 19.9 Å². The van der Waals surface area contributed by atoms with Gasteiger partial charge in [0.15, 0.2) is 0 Å². The van der Waals surface area contributed by atoms with Gasteiger partial charge in [0.2, 0.25) is 5.91 Å². The van der Waals surface area contributed by atoms with Gasteiger partial charge in [-0.15, -0.1) is 0 Å². The molecule has 2 unspecified atom stereocenters. The Balaban J connectivity index is 1.49. The van der Waals surface area contributed by atoms with Crippen LogP contribution in [0.1, 0.15) is 54.6 Å². The molecule has 2 aromatic carbocycles. The summed E-state index contributed by atoms with van der Waals surface area (Å²) < 4.78 is 7.56. The molecule has 1 aliphatic rings. The zero-order valence-corrected chi connectivity index (χ0v) is 19.1. The highest BCUT2D eigenvalue weighted by Gasteiger charge is 2.29. The lowest BCUT2D eigenvalue weighted by Gasteiger charge is -2.33. The van der Waals surface area contributed by atoms with Crippen molar-refractivity contribution in [1.82, 2.24) is 14.5 Å². The minimum absolute atomic E-state index is 0.0524. The summed E-state index contributed by atoms with van der Waals surface area (Å²) >= 11 is 0. The summed E-state index contributed by atoms with van der Waals surface area (Å²) in [7, 11) is 1.72. The number of hydrogen-bond donors (Lipinski definition) is 1. The maximum Gasteiger partial charge on any atom is 0.224 e. The number of carbonyl (C=O) groups excluding carboxylic acids is 1. The number of nitrogens with zero attached hydrogens (tertiary/aromatic N) is 4. The summed E-state index contributed by atoms with van der Waals surface area (Å²) in [6.45, 7) is 2.93. The zero-order chi connectivity index (χ0) is 23.2. The van der Waals surface area contributed by atoms with Gasteiger partial charge >= 0.3 is 0 Å². The first-order valence-electron chi connectivity index (χ1n) is 11.6. The van der Waals surface area contributed by atoms with Crippen LogP contribution in [-0.2, 0) is 16.1 Å². The molecule has 1 aliphatic heterocycles. The van der Waals surface area contributed by atoms with Crippen LogP contribution < -0.4 is 5.73 Å². The lowest BCUT2D eigenvalue weighted by Crippen LogP contribution is -2.40. The standard InChI is InChI=1S/C26H31N5O2/c1-33-14-6-13-31-24-11-3-2-10-23(24)29-26(31)21-9-5-12-30(18-21)25(32)16-22(28)20-8-4-7-19(15-20)17-27/h2-4,7-8,10-11,15,21-22H,5-6,9,12-14,16,18,28H2,1H3. The maximum atomic E-state index is 13.1. The molecule has 1 saturated heterocycles. The molecule has 0 spiro atoms. The molecule has 0 radical (unpaired) electrons. The van der Waals surface area contributed by atoms with E-state index in [0.29, 0.717) is 18.7 Å². The molecule has 172 valence electrons. The predicted molar refractivity (Wildman–Crippen MR) is 127 cm³/mol. The number of likely N-dealkylation sites (tertiary alicyclic amines) is 1. The third-order valence-electron chi connectivity index (χ3n) is 6.39. The fourth-order valence-corrected chi connectivity index (χ4v) is 4.70. The molecule has 0 saturated carbocycles. The van der Waals surface area contributed by atoms with Crippen LogP contribution in [-0.4, -0.2) is 47.2 Å². The number of aromatic nitrogens is 2. The van der Waals surface area contributed by atoms with E-state index in [-0.39, 0.29) is 18.2 Å². The summed E-state index contributed by atoms with van der Waals surface area (Å²) in [6.07, 6.45) is 3.09. The van der Waals surface area contributed by atoms with Crippen LogP contribution in [0.2, 0.25) is 0 Å². The third-order valence-corrected chi connectivity index (χ3v) is 6.39. The van der Waals surface area contributed by atoms with Crippen molar-refractivity contribution in [2.75, 3.05) is 26.8 Å². The molecule has 1 amide bonds. The molecule has 7 nitrogen and oxygen atoms in total. The van der Waals surface area contributed by atoms with E-state index in [1.807, 2.05) is 35.2 Å². The number of piperidine rings is 1. The number of hydrogen-bond acceptors (Lipinski definition) is 5. The summed E-state index contributed by atoms with van der Waals surface area (Å²) in [6, 6.07) is 17.1. The number of rotatable bonds is 8. The second kappa shape index (κ2) is 10.6. The van der Waals surface area contributed by atoms with E-state index in [9.17, 15) is 4.79 Å². The molecule has 1 aromatic heterocycles. The molecular weight excluding hydrogens is 414 g/mol. The van der Waals surface area contributed by atoms with Crippen molar-refractivity contribution in [1.29, 1.82) is 5.26 Å². The number of benzene rings is 2. The Labute approximate surface area is 194 Å². The highest BCUT2D eigenvalue weighted by molar-refractivity contribution is 5.78. The van der Waals surface area contributed by atoms with E-state index in [2.05, 4.69) is 16.7 Å². The first-order chi connectivity index (χ1) is 16.1. The van der Waals surface area contributed by atoms with Crippen LogP contribution in [0.3, 0.4) is 0 Å². The van der Waals surface area contributed by atoms with Gasteiger partial charge in [0, 0.05) is 51.7 Å². The van der Waals surface area contributed by atoms with Crippen molar-refractivity contribution in [2.24, 2.45) is 5.73 Å². The second-order valence-electron chi connectivity index (χ2n) is 8.68. The predicted octanol–water partition coefficient (Wildman–Crippen LogP) is 3.74. The van der Waals surface area contributed by atoms with Crippen molar-refractivity contribution in [3.63, 3.8) is 0 Å². The minimum Gasteiger partial charge on any atom is -0.385 e. The summed E-state index contributed by atoms with van der Waals surface area (Å²) in [5, 5.41) is 9.13. The first kappa shape index (κ1) is 23.0. The average Bonchev–Trinajstić information content (AvgIpc) is 3.23. The number of carbonyl (C=O) groups is 1. The van der Waals surface area contributed by atoms with E-state index in [0.717, 1.165) is 54.8 Å². The Kier molecular flexibility index (Phi) is 7.38. The Bertz CT molecular complexity index is 1150. The SMILES string of the molecule is COCCCn1c(C2CCCN(C(=O)CC(N)c3cccc(C#N)c3)C2)nc2ccccc21. The summed E-state index contributed by atoms with van der Waals surface area (Å²) in [5.74, 6) is 1.29. The summed E-state index contributed by atoms with van der Waals surface area (Å²) in [5.41, 5.74) is 9.83. The highest BCUT2D eigenvalue weighted by Crippen LogP contribution is 2.30. The highest BCUT2D eigenvalue weighted by atomic mass is 16.5. The molecule has 4 rings (SSSR count). The first-order valence-corrected chi connectivity index (χ1v) is 11.6. The van der Waals surface area contributed by atoms with Gasteiger partial charge in [0.05, 0.1) is 22.7 Å². The van der Waals surface area contributed by atoms with Crippen molar-refractivity contribution < 1.29 is 9.53 Å². The van der Waals surface area contributed by atoms with Crippen LogP contribution in [0.5, 0.6) is 0 Å². The van der Waals surface area contributed by atoms with E-state index in [1.165, 1.54) is 0 Å². The lowest BCUT2D eigenvalue weighted by molar-refractivity contribution is -0.132. The monoisotopic (exact) mass is 445 g/mol. The number of amides is 1. The molecule has 3 aromatic rings. The molecule has 7 heteroatoms. The number of aryl methyl sites for hydroxylation is 1. The number of fused-ring (bicyclic) bond motifs is 1. The van der Waals surface area contributed by atoms with Crippen LogP contribution in [0.25, 0.3) is 11.0 Å². The van der Waals surface area contributed by atoms with E-state index in [1.54, 1.807) is 19.2 Å². The average molecular weight is 446 g/mol. The van der Waals surface area contributed by atoms with Crippen molar-refractivity contribution in [2.45, 2.75) is 44.2 Å². The Morgan fingerprint density at radius 3 is 2.97 bits per heavy atom. The quantitative estimate of drug-likeness (QED) is 0.533. The smallest absolute Gasteiger partial charge is 0.224 e. The number of ether oxygens (including phenoxy) is 1. The fourth-order valence-electron chi connectivity index (χ4n) is 4.70. The van der Waals surface area contributed by atoms with Crippen LogP contribution >= 0.6 is 0 Å². The Morgan fingerprint density at radius 2 is 2.15 bits per heavy atom. The van der Waals surface area contributed by atoms with E-state index in [4.69, 9.17) is 20.7 Å². The molecule has 2 heterocycles. The molecular formula is C26H31N5O2. The van der Waals surface area contributed by atoms with Gasteiger partial charge in [0.1, 0.15) is 5.82 Å². The van der Waals surface area contributed by atoms with Crippen LogP contribution in [0.15, 0.2) is 48.5 Å². The number of nitrogens with two attached hydrogens (primary N) is 1. The normalized spacial score (nSPS) is 17.1. The molecule has 0 aliphatic carbocycles. The van der Waals surface area contributed by atoms with E-state index < -0.39 is 6.04 Å². The maximum absolute atomic E-state index is 13.1. The molecule has 0 bridgehead atoms. The molecule has 2 N–H and O–H groups in total.